The van der Waals surface area contributed by atoms with Crippen LogP contribution in [0.25, 0.3) is 0 Å². The van der Waals surface area contributed by atoms with Gasteiger partial charge in [0.15, 0.2) is 0 Å². The first-order valence-corrected chi connectivity index (χ1v) is 6.97. The summed E-state index contributed by atoms with van der Waals surface area (Å²) in [6, 6.07) is 2.14. The molecule has 0 aliphatic carbocycles. The Morgan fingerprint density at radius 1 is 1.50 bits per heavy atom. The molecule has 7 nitrogen and oxygen atoms in total. The van der Waals surface area contributed by atoms with E-state index in [1.165, 1.54) is 6.20 Å². The third kappa shape index (κ3) is 2.89. The molecule has 0 bridgehead atoms. The number of piperazine rings is 1. The van der Waals surface area contributed by atoms with Crippen molar-refractivity contribution >= 4 is 27.4 Å². The van der Waals surface area contributed by atoms with E-state index in [-0.39, 0.29) is 5.69 Å². The molecular formula is C12H14BrN5O2. The van der Waals surface area contributed by atoms with Crippen LogP contribution >= 0.6 is 15.9 Å². The van der Waals surface area contributed by atoms with Crippen LogP contribution in [0.15, 0.2) is 10.7 Å². The maximum absolute atomic E-state index is 10.9. The maximum atomic E-state index is 10.9. The van der Waals surface area contributed by atoms with Crippen LogP contribution < -0.4 is 4.90 Å². The topological polar surface area (TPSA) is 86.3 Å². The number of anilines is 1. The van der Waals surface area contributed by atoms with Crippen molar-refractivity contribution in [2.75, 3.05) is 37.6 Å². The summed E-state index contributed by atoms with van der Waals surface area (Å²) in [5.74, 6) is 0.727. The fourth-order valence-electron chi connectivity index (χ4n) is 2.18. The summed E-state index contributed by atoms with van der Waals surface area (Å²) in [7, 11) is 0. The molecule has 0 amide bonds. The van der Waals surface area contributed by atoms with Crippen molar-refractivity contribution in [2.24, 2.45) is 0 Å². The third-order valence-corrected chi connectivity index (χ3v) is 4.33. The number of nitro groups is 1. The van der Waals surface area contributed by atoms with Gasteiger partial charge in [-0.15, -0.1) is 0 Å². The van der Waals surface area contributed by atoms with Gasteiger partial charge in [-0.3, -0.25) is 15.0 Å². The van der Waals surface area contributed by atoms with Gasteiger partial charge >= 0.3 is 0 Å². The Balaban J connectivity index is 2.17. The Morgan fingerprint density at radius 3 is 2.70 bits per heavy atom. The lowest BCUT2D eigenvalue weighted by Gasteiger charge is -2.34. The quantitative estimate of drug-likeness (QED) is 0.473. The van der Waals surface area contributed by atoms with E-state index in [4.69, 9.17) is 5.26 Å². The Labute approximate surface area is 125 Å². The van der Waals surface area contributed by atoms with Crippen molar-refractivity contribution in [1.82, 2.24) is 9.88 Å². The normalized spacial score (nSPS) is 15.9. The van der Waals surface area contributed by atoms with Gasteiger partial charge in [-0.1, -0.05) is 0 Å². The van der Waals surface area contributed by atoms with Gasteiger partial charge in [-0.25, -0.2) is 4.98 Å². The van der Waals surface area contributed by atoms with E-state index in [9.17, 15) is 10.1 Å². The fourth-order valence-corrected chi connectivity index (χ4v) is 2.73. The molecule has 1 saturated heterocycles. The van der Waals surface area contributed by atoms with E-state index >= 15 is 0 Å². The molecule has 1 aliphatic rings. The van der Waals surface area contributed by atoms with E-state index in [2.05, 4.69) is 36.8 Å². The lowest BCUT2D eigenvalue weighted by Crippen LogP contribution is -2.46. The van der Waals surface area contributed by atoms with Crippen LogP contribution in [0.3, 0.4) is 0 Å². The van der Waals surface area contributed by atoms with Crippen molar-refractivity contribution in [1.29, 1.82) is 5.26 Å². The molecule has 0 atom stereocenters. The first-order chi connectivity index (χ1) is 9.54. The number of nitrogens with zero attached hydrogens (tertiary/aromatic N) is 5. The monoisotopic (exact) mass is 339 g/mol. The molecule has 0 radical (unpaired) electrons. The average Bonchev–Trinajstić information content (AvgIpc) is 2.43. The van der Waals surface area contributed by atoms with E-state index in [1.54, 1.807) is 6.92 Å². The van der Waals surface area contributed by atoms with Crippen molar-refractivity contribution in [3.8, 4) is 6.07 Å². The van der Waals surface area contributed by atoms with Crippen LogP contribution in [-0.2, 0) is 0 Å². The molecule has 20 heavy (non-hydrogen) atoms. The second-order valence-corrected chi connectivity index (χ2v) is 5.38. The SMILES string of the molecule is Cc1c([N+](=O)[O-])cnc(N2CCN(CC#N)CC2)c1Br. The molecule has 0 saturated carbocycles. The van der Waals surface area contributed by atoms with Gasteiger partial charge in [0.05, 0.1) is 22.0 Å². The number of hydrogen-bond acceptors (Lipinski definition) is 6. The molecule has 2 rings (SSSR count). The Bertz CT molecular complexity index is 564. The van der Waals surface area contributed by atoms with Crippen molar-refractivity contribution in [3.63, 3.8) is 0 Å². The number of pyridine rings is 1. The summed E-state index contributed by atoms with van der Waals surface area (Å²) in [5, 5.41) is 19.5. The standard InChI is InChI=1S/C12H14BrN5O2/c1-9-10(18(19)20)8-15-12(11(9)13)17-6-4-16(3-2-14)5-7-17/h8H,3-7H2,1H3. The van der Waals surface area contributed by atoms with Gasteiger partial charge in [0, 0.05) is 31.7 Å². The van der Waals surface area contributed by atoms with Crippen LogP contribution in [0.2, 0.25) is 0 Å². The van der Waals surface area contributed by atoms with E-state index < -0.39 is 4.92 Å². The molecular weight excluding hydrogens is 326 g/mol. The average molecular weight is 340 g/mol. The van der Waals surface area contributed by atoms with Crippen LogP contribution in [-0.4, -0.2) is 47.5 Å². The zero-order valence-corrected chi connectivity index (χ0v) is 12.6. The smallest absolute Gasteiger partial charge is 0.291 e. The van der Waals surface area contributed by atoms with Gasteiger partial charge < -0.3 is 4.90 Å². The van der Waals surface area contributed by atoms with Crippen molar-refractivity contribution in [3.05, 3.63) is 26.3 Å². The molecule has 1 aromatic heterocycles. The summed E-state index contributed by atoms with van der Waals surface area (Å²) >= 11 is 3.41. The Morgan fingerprint density at radius 2 is 2.15 bits per heavy atom. The largest absolute Gasteiger partial charge is 0.353 e. The molecule has 0 spiro atoms. The van der Waals surface area contributed by atoms with Crippen LogP contribution in [0.4, 0.5) is 11.5 Å². The highest BCUT2D eigenvalue weighted by Gasteiger charge is 2.23. The number of rotatable bonds is 3. The molecule has 8 heteroatoms. The third-order valence-electron chi connectivity index (χ3n) is 3.38. The number of nitriles is 1. The molecule has 1 aromatic rings. The molecule has 2 heterocycles. The van der Waals surface area contributed by atoms with Gasteiger partial charge in [0.1, 0.15) is 12.0 Å². The Hall–Kier alpha value is -1.72. The van der Waals surface area contributed by atoms with E-state index in [0.29, 0.717) is 16.6 Å². The lowest BCUT2D eigenvalue weighted by atomic mass is 10.2. The zero-order chi connectivity index (χ0) is 14.7. The molecule has 0 aromatic carbocycles. The Kier molecular flexibility index (Phi) is 4.52. The summed E-state index contributed by atoms with van der Waals surface area (Å²) in [4.78, 5) is 18.8. The minimum Gasteiger partial charge on any atom is -0.353 e. The van der Waals surface area contributed by atoms with Gasteiger partial charge in [0.2, 0.25) is 0 Å². The minimum absolute atomic E-state index is 0.0174. The number of aromatic nitrogens is 1. The molecule has 0 unspecified atom stereocenters. The highest BCUT2D eigenvalue weighted by molar-refractivity contribution is 9.10. The number of hydrogen-bond donors (Lipinski definition) is 0. The molecule has 0 N–H and O–H groups in total. The lowest BCUT2D eigenvalue weighted by molar-refractivity contribution is -0.385. The highest BCUT2D eigenvalue weighted by Crippen LogP contribution is 2.33. The zero-order valence-electron chi connectivity index (χ0n) is 11.0. The summed E-state index contributed by atoms with van der Waals surface area (Å²) in [5.41, 5.74) is 0.600. The van der Waals surface area contributed by atoms with Crippen LogP contribution in [0, 0.1) is 28.4 Å². The van der Waals surface area contributed by atoms with E-state index in [0.717, 1.165) is 32.0 Å². The van der Waals surface area contributed by atoms with Gasteiger partial charge in [0.25, 0.3) is 5.69 Å². The van der Waals surface area contributed by atoms with Gasteiger partial charge in [-0.2, -0.15) is 5.26 Å². The van der Waals surface area contributed by atoms with Crippen molar-refractivity contribution in [2.45, 2.75) is 6.92 Å². The second-order valence-electron chi connectivity index (χ2n) is 4.58. The molecule has 1 aliphatic heterocycles. The van der Waals surface area contributed by atoms with Crippen molar-refractivity contribution < 1.29 is 4.92 Å². The first kappa shape index (κ1) is 14.7. The van der Waals surface area contributed by atoms with Crippen LogP contribution in [0.1, 0.15) is 5.56 Å². The van der Waals surface area contributed by atoms with E-state index in [1.807, 2.05) is 0 Å². The predicted molar refractivity (Wildman–Crippen MR) is 77.6 cm³/mol. The van der Waals surface area contributed by atoms with Crippen LogP contribution in [0.5, 0.6) is 0 Å². The first-order valence-electron chi connectivity index (χ1n) is 6.18. The highest BCUT2D eigenvalue weighted by atomic mass is 79.9. The summed E-state index contributed by atoms with van der Waals surface area (Å²) in [6.07, 6.45) is 1.30. The maximum Gasteiger partial charge on any atom is 0.291 e. The predicted octanol–water partition coefficient (Wildman–Crippen LogP) is 1.71. The summed E-state index contributed by atoms with van der Waals surface area (Å²) in [6.45, 7) is 5.23. The van der Waals surface area contributed by atoms with Gasteiger partial charge in [-0.05, 0) is 22.9 Å². The molecule has 1 fully saturated rings. The fraction of sp³-hybridized carbons (Fsp3) is 0.500. The summed E-state index contributed by atoms with van der Waals surface area (Å²) < 4.78 is 0.667. The minimum atomic E-state index is -0.429. The number of halogens is 1. The second kappa shape index (κ2) is 6.15. The molecule has 106 valence electrons.